The predicted molar refractivity (Wildman–Crippen MR) is 38.4 cm³/mol. The minimum Gasteiger partial charge on any atom is -0.480 e. The van der Waals surface area contributed by atoms with E-state index in [9.17, 15) is 4.79 Å². The molecule has 0 aliphatic rings. The Morgan fingerprint density at radius 2 is 2.20 bits per heavy atom. The minimum atomic E-state index is -1.04. The van der Waals surface area contributed by atoms with E-state index in [2.05, 4.69) is 0 Å². The molecule has 0 aromatic heterocycles. The Morgan fingerprint density at radius 1 is 1.70 bits per heavy atom. The zero-order valence-electron chi connectivity index (χ0n) is 6.00. The molecule has 0 aromatic carbocycles. The summed E-state index contributed by atoms with van der Waals surface area (Å²) < 4.78 is 4.95. The molecule has 0 radical (unpaired) electrons. The number of hydrogen-bond donors (Lipinski definition) is 1. The van der Waals surface area contributed by atoms with Crippen molar-refractivity contribution in [1.82, 2.24) is 0 Å². The highest BCUT2D eigenvalue weighted by Gasteiger charge is 2.13. The van der Waals surface area contributed by atoms with Gasteiger partial charge in [-0.2, -0.15) is 0 Å². The van der Waals surface area contributed by atoms with Gasteiger partial charge in [-0.1, -0.05) is 0 Å². The van der Waals surface area contributed by atoms with Crippen LogP contribution < -0.4 is 0 Å². The fourth-order valence-electron chi connectivity index (χ4n) is 0.348. The van der Waals surface area contributed by atoms with Gasteiger partial charge >= 0.3 is 5.97 Å². The van der Waals surface area contributed by atoms with E-state index in [1.54, 1.807) is 0 Å². The van der Waals surface area contributed by atoms with Crippen molar-refractivity contribution in [3.63, 3.8) is 0 Å². The molecule has 3 nitrogen and oxygen atoms in total. The molecule has 0 heterocycles. The van der Waals surface area contributed by atoms with Crippen molar-refractivity contribution in [1.29, 1.82) is 0 Å². The molecule has 0 aliphatic heterocycles. The van der Waals surface area contributed by atoms with Gasteiger partial charge in [0.25, 0.3) is 0 Å². The molecular weight excluding hydrogens is 156 g/mol. The Kier molecular flexibility index (Phi) is 4.40. The van der Waals surface area contributed by atoms with Crippen LogP contribution in [0.25, 0.3) is 0 Å². The Bertz CT molecular complexity index is 114. The van der Waals surface area contributed by atoms with Crippen LogP contribution in [0.4, 0.5) is 0 Å². The first-order chi connectivity index (χ1) is 4.54. The Balaban J connectivity index is 3.40. The zero-order valence-corrected chi connectivity index (χ0v) is 6.76. The van der Waals surface area contributed by atoms with E-state index in [4.69, 9.17) is 21.4 Å². The van der Waals surface area contributed by atoms with E-state index in [0.717, 1.165) is 0 Å². The number of alkyl halides is 1. The van der Waals surface area contributed by atoms with E-state index in [1.165, 1.54) is 0 Å². The van der Waals surface area contributed by atoms with Gasteiger partial charge in [-0.15, -0.1) is 11.6 Å². The maximum atomic E-state index is 10.1. The van der Waals surface area contributed by atoms with Crippen LogP contribution in [0.5, 0.6) is 0 Å². The normalized spacial score (nSPS) is 13.6. The maximum absolute atomic E-state index is 10.1. The topological polar surface area (TPSA) is 46.5 Å². The van der Waals surface area contributed by atoms with Crippen molar-refractivity contribution in [2.24, 2.45) is 0 Å². The van der Waals surface area contributed by atoms with Gasteiger partial charge in [0, 0.05) is 0 Å². The molecule has 0 rings (SSSR count). The van der Waals surface area contributed by atoms with Gasteiger partial charge in [-0.05, 0) is 13.8 Å². The van der Waals surface area contributed by atoms with Crippen molar-refractivity contribution >= 4 is 17.6 Å². The Labute approximate surface area is 64.9 Å². The lowest BCUT2D eigenvalue weighted by atomic mass is 10.4. The molecular formula is C6H11ClO3. The molecule has 0 saturated heterocycles. The van der Waals surface area contributed by atoms with Crippen LogP contribution in [0.15, 0.2) is 0 Å². The second-order valence-electron chi connectivity index (χ2n) is 2.19. The summed E-state index contributed by atoms with van der Waals surface area (Å²) in [6.45, 7) is 3.71. The van der Waals surface area contributed by atoms with Crippen molar-refractivity contribution in [3.05, 3.63) is 0 Å². The van der Waals surface area contributed by atoms with Gasteiger partial charge in [-0.25, -0.2) is 0 Å². The van der Waals surface area contributed by atoms with E-state index < -0.39 is 11.3 Å². The van der Waals surface area contributed by atoms with Crippen molar-refractivity contribution in [2.45, 2.75) is 25.3 Å². The SMILES string of the molecule is CC(C)OCC(Cl)C(=O)O. The third-order valence-electron chi connectivity index (χ3n) is 0.844. The lowest BCUT2D eigenvalue weighted by Gasteiger charge is -2.08. The van der Waals surface area contributed by atoms with Crippen LogP contribution in [0, 0.1) is 0 Å². The second kappa shape index (κ2) is 4.52. The number of rotatable bonds is 4. The highest BCUT2D eigenvalue weighted by Crippen LogP contribution is 1.98. The summed E-state index contributed by atoms with van der Waals surface area (Å²) in [5.41, 5.74) is 0. The number of halogens is 1. The summed E-state index contributed by atoms with van der Waals surface area (Å²) in [7, 11) is 0. The van der Waals surface area contributed by atoms with Crippen molar-refractivity contribution in [3.8, 4) is 0 Å². The summed E-state index contributed by atoms with van der Waals surface area (Å²) in [5, 5.41) is 7.35. The highest BCUT2D eigenvalue weighted by molar-refractivity contribution is 6.29. The van der Waals surface area contributed by atoms with Gasteiger partial charge in [0.2, 0.25) is 0 Å². The molecule has 0 fully saturated rings. The molecule has 0 spiro atoms. The fourth-order valence-corrected chi connectivity index (χ4v) is 0.421. The summed E-state index contributed by atoms with van der Waals surface area (Å²) >= 11 is 5.34. The van der Waals surface area contributed by atoms with E-state index in [-0.39, 0.29) is 12.7 Å². The summed E-state index contributed by atoms with van der Waals surface area (Å²) in [6, 6.07) is 0. The number of aliphatic carboxylic acids is 1. The molecule has 0 amide bonds. The van der Waals surface area contributed by atoms with Crippen molar-refractivity contribution < 1.29 is 14.6 Å². The van der Waals surface area contributed by atoms with Gasteiger partial charge in [0.1, 0.15) is 0 Å². The number of carboxylic acids is 1. The lowest BCUT2D eigenvalue weighted by Crippen LogP contribution is -2.21. The first-order valence-corrected chi connectivity index (χ1v) is 3.46. The Hall–Kier alpha value is -0.280. The number of ether oxygens (including phenoxy) is 1. The molecule has 60 valence electrons. The lowest BCUT2D eigenvalue weighted by molar-refractivity contribution is -0.138. The molecule has 0 aliphatic carbocycles. The van der Waals surface area contributed by atoms with E-state index in [0.29, 0.717) is 0 Å². The fraction of sp³-hybridized carbons (Fsp3) is 0.833. The summed E-state index contributed by atoms with van der Waals surface area (Å²) in [5.74, 6) is -1.04. The van der Waals surface area contributed by atoms with Gasteiger partial charge in [-0.3, -0.25) is 4.79 Å². The molecule has 0 bridgehead atoms. The average molecular weight is 167 g/mol. The summed E-state index contributed by atoms with van der Waals surface area (Å²) in [4.78, 5) is 10.1. The molecule has 10 heavy (non-hydrogen) atoms. The number of carboxylic acid groups (broad SMARTS) is 1. The van der Waals surface area contributed by atoms with Gasteiger partial charge in [0.05, 0.1) is 12.7 Å². The van der Waals surface area contributed by atoms with E-state index in [1.807, 2.05) is 13.8 Å². The number of carbonyl (C=O) groups is 1. The monoisotopic (exact) mass is 166 g/mol. The van der Waals surface area contributed by atoms with Crippen LogP contribution in [-0.2, 0) is 9.53 Å². The average Bonchev–Trinajstić information content (AvgIpc) is 1.82. The molecule has 0 saturated carbocycles. The number of hydrogen-bond acceptors (Lipinski definition) is 2. The largest absolute Gasteiger partial charge is 0.480 e. The molecule has 0 aromatic rings. The molecule has 1 atom stereocenters. The Morgan fingerprint density at radius 3 is 2.50 bits per heavy atom. The molecule has 1 unspecified atom stereocenters. The van der Waals surface area contributed by atoms with Crippen LogP contribution in [0.3, 0.4) is 0 Å². The smallest absolute Gasteiger partial charge is 0.324 e. The standard InChI is InChI=1S/C6H11ClO3/c1-4(2)10-3-5(7)6(8)9/h4-5H,3H2,1-2H3,(H,8,9). The van der Waals surface area contributed by atoms with Crippen LogP contribution in [0.1, 0.15) is 13.8 Å². The van der Waals surface area contributed by atoms with Crippen LogP contribution >= 0.6 is 11.6 Å². The highest BCUT2D eigenvalue weighted by atomic mass is 35.5. The minimum absolute atomic E-state index is 0.0283. The third-order valence-corrected chi connectivity index (χ3v) is 1.16. The summed E-state index contributed by atoms with van der Waals surface area (Å²) in [6.07, 6.45) is 0.0283. The van der Waals surface area contributed by atoms with Gasteiger partial charge in [0.15, 0.2) is 5.38 Å². The first-order valence-electron chi connectivity index (χ1n) is 3.02. The first kappa shape index (κ1) is 9.72. The van der Waals surface area contributed by atoms with Gasteiger partial charge < -0.3 is 9.84 Å². The van der Waals surface area contributed by atoms with Crippen molar-refractivity contribution in [2.75, 3.05) is 6.61 Å². The molecule has 4 heteroatoms. The second-order valence-corrected chi connectivity index (χ2v) is 2.71. The predicted octanol–water partition coefficient (Wildman–Crippen LogP) is 1.10. The van der Waals surface area contributed by atoms with E-state index >= 15 is 0 Å². The zero-order chi connectivity index (χ0) is 8.15. The quantitative estimate of drug-likeness (QED) is 0.637. The molecule has 1 N–H and O–H groups in total. The van der Waals surface area contributed by atoms with Crippen LogP contribution in [-0.4, -0.2) is 29.2 Å². The third kappa shape index (κ3) is 4.58. The maximum Gasteiger partial charge on any atom is 0.324 e. The van der Waals surface area contributed by atoms with Crippen LogP contribution in [0.2, 0.25) is 0 Å².